The second kappa shape index (κ2) is 6.82. The van der Waals surface area contributed by atoms with Gasteiger partial charge in [0.1, 0.15) is 11.5 Å². The molecule has 25 heavy (non-hydrogen) atoms. The average Bonchev–Trinajstić information content (AvgIpc) is 2.68. The number of rotatable bonds is 2. The van der Waals surface area contributed by atoms with E-state index in [0.717, 1.165) is 37.8 Å². The van der Waals surface area contributed by atoms with Gasteiger partial charge in [-0.05, 0) is 36.3 Å². The fourth-order valence-electron chi connectivity index (χ4n) is 3.66. The number of carbonyl (C=O) groups is 1. The first kappa shape index (κ1) is 16.1. The van der Waals surface area contributed by atoms with Crippen LogP contribution >= 0.6 is 0 Å². The van der Waals surface area contributed by atoms with Gasteiger partial charge in [0.15, 0.2) is 0 Å². The van der Waals surface area contributed by atoms with Crippen LogP contribution < -0.4 is 4.90 Å². The predicted molar refractivity (Wildman–Crippen MR) is 97.5 cm³/mol. The number of hydrogen-bond acceptors (Lipinski definition) is 4. The summed E-state index contributed by atoms with van der Waals surface area (Å²) in [5.41, 5.74) is 3.01. The molecule has 1 fully saturated rings. The molecule has 1 aromatic heterocycles. The number of aromatic nitrogens is 2. The molecule has 5 nitrogen and oxygen atoms in total. The van der Waals surface area contributed by atoms with Gasteiger partial charge in [0.2, 0.25) is 0 Å². The summed E-state index contributed by atoms with van der Waals surface area (Å²) in [5, 5.41) is 0. The smallest absolute Gasteiger partial charge is 0.274 e. The SMILES string of the molecule is CC1CCN(c2cnc(C(=O)N3CCc4ccccc4C3)cn2)CC1. The highest BCUT2D eigenvalue weighted by molar-refractivity contribution is 5.92. The monoisotopic (exact) mass is 336 g/mol. The lowest BCUT2D eigenvalue weighted by Crippen LogP contribution is -2.37. The molecular weight excluding hydrogens is 312 g/mol. The van der Waals surface area contributed by atoms with Crippen molar-refractivity contribution < 1.29 is 4.79 Å². The van der Waals surface area contributed by atoms with Gasteiger partial charge in [0.05, 0.1) is 12.4 Å². The topological polar surface area (TPSA) is 49.3 Å². The number of nitrogens with zero attached hydrogens (tertiary/aromatic N) is 4. The van der Waals surface area contributed by atoms with Gasteiger partial charge in [0, 0.05) is 26.2 Å². The molecule has 2 aromatic rings. The summed E-state index contributed by atoms with van der Waals surface area (Å²) in [7, 11) is 0. The van der Waals surface area contributed by atoms with Gasteiger partial charge in [-0.25, -0.2) is 9.97 Å². The number of benzene rings is 1. The van der Waals surface area contributed by atoms with Gasteiger partial charge in [-0.1, -0.05) is 31.2 Å². The van der Waals surface area contributed by atoms with Crippen LogP contribution in [0.1, 0.15) is 41.4 Å². The van der Waals surface area contributed by atoms with Crippen LogP contribution in [0.15, 0.2) is 36.7 Å². The molecule has 1 aromatic carbocycles. The summed E-state index contributed by atoms with van der Waals surface area (Å²) < 4.78 is 0. The first-order chi connectivity index (χ1) is 12.2. The highest BCUT2D eigenvalue weighted by atomic mass is 16.2. The second-order valence-electron chi connectivity index (χ2n) is 7.17. The maximum absolute atomic E-state index is 12.7. The standard InChI is InChI=1S/C20H24N4O/c1-15-6-9-23(10-7-15)19-13-21-18(12-22-19)20(25)24-11-8-16-4-2-3-5-17(16)14-24/h2-5,12-13,15H,6-11,14H2,1H3. The zero-order valence-electron chi connectivity index (χ0n) is 14.7. The molecule has 4 rings (SSSR count). The Morgan fingerprint density at radius 1 is 1.04 bits per heavy atom. The number of hydrogen-bond donors (Lipinski definition) is 0. The molecule has 3 heterocycles. The van der Waals surface area contributed by atoms with Crippen molar-refractivity contribution in [1.29, 1.82) is 0 Å². The Morgan fingerprint density at radius 2 is 1.80 bits per heavy atom. The minimum atomic E-state index is -0.0270. The molecule has 0 bridgehead atoms. The van der Waals surface area contributed by atoms with E-state index in [1.54, 1.807) is 12.4 Å². The Morgan fingerprint density at radius 3 is 2.52 bits per heavy atom. The van der Waals surface area contributed by atoms with Crippen LogP contribution in [0.25, 0.3) is 0 Å². The van der Waals surface area contributed by atoms with E-state index in [1.165, 1.54) is 24.0 Å². The summed E-state index contributed by atoms with van der Waals surface area (Å²) in [4.78, 5) is 25.8. The van der Waals surface area contributed by atoms with Gasteiger partial charge >= 0.3 is 0 Å². The zero-order valence-corrected chi connectivity index (χ0v) is 14.7. The van der Waals surface area contributed by atoms with E-state index in [1.807, 2.05) is 11.0 Å². The molecule has 2 aliphatic heterocycles. The molecule has 2 aliphatic rings. The maximum Gasteiger partial charge on any atom is 0.274 e. The number of amides is 1. The van der Waals surface area contributed by atoms with E-state index >= 15 is 0 Å². The average molecular weight is 336 g/mol. The normalized spacial score (nSPS) is 18.1. The zero-order chi connectivity index (χ0) is 17.2. The largest absolute Gasteiger partial charge is 0.355 e. The Bertz CT molecular complexity index is 751. The van der Waals surface area contributed by atoms with E-state index in [9.17, 15) is 4.79 Å². The van der Waals surface area contributed by atoms with E-state index in [2.05, 4.69) is 40.0 Å². The van der Waals surface area contributed by atoms with Gasteiger partial charge in [-0.3, -0.25) is 4.79 Å². The Kier molecular flexibility index (Phi) is 4.38. The Balaban J connectivity index is 1.44. The summed E-state index contributed by atoms with van der Waals surface area (Å²) >= 11 is 0. The van der Waals surface area contributed by atoms with Crippen LogP contribution in [0.4, 0.5) is 5.82 Å². The molecule has 1 amide bonds. The lowest BCUT2D eigenvalue weighted by Gasteiger charge is -2.31. The third-order valence-electron chi connectivity index (χ3n) is 5.38. The molecule has 0 atom stereocenters. The molecule has 130 valence electrons. The van der Waals surface area contributed by atoms with E-state index in [-0.39, 0.29) is 5.91 Å². The van der Waals surface area contributed by atoms with E-state index < -0.39 is 0 Å². The molecule has 1 saturated heterocycles. The lowest BCUT2D eigenvalue weighted by molar-refractivity contribution is 0.0728. The van der Waals surface area contributed by atoms with Crippen molar-refractivity contribution in [3.63, 3.8) is 0 Å². The third-order valence-corrected chi connectivity index (χ3v) is 5.38. The minimum absolute atomic E-state index is 0.0270. The fourth-order valence-corrected chi connectivity index (χ4v) is 3.66. The number of fused-ring (bicyclic) bond motifs is 1. The van der Waals surface area contributed by atoms with Gasteiger partial charge < -0.3 is 9.80 Å². The van der Waals surface area contributed by atoms with E-state index in [0.29, 0.717) is 12.2 Å². The molecule has 0 aliphatic carbocycles. The van der Waals surface area contributed by atoms with Crippen molar-refractivity contribution in [1.82, 2.24) is 14.9 Å². The number of piperidine rings is 1. The Hall–Kier alpha value is -2.43. The van der Waals surface area contributed by atoms with Crippen LogP contribution in [-0.4, -0.2) is 40.4 Å². The second-order valence-corrected chi connectivity index (χ2v) is 7.17. The van der Waals surface area contributed by atoms with Crippen molar-refractivity contribution in [3.8, 4) is 0 Å². The van der Waals surface area contributed by atoms with Crippen molar-refractivity contribution in [3.05, 3.63) is 53.5 Å². The molecule has 0 unspecified atom stereocenters. The van der Waals surface area contributed by atoms with Crippen LogP contribution in [0.2, 0.25) is 0 Å². The Labute approximate surface area is 148 Å². The fraction of sp³-hybridized carbons (Fsp3) is 0.450. The predicted octanol–water partition coefficient (Wildman–Crippen LogP) is 2.91. The molecule has 5 heteroatoms. The van der Waals surface area contributed by atoms with Crippen LogP contribution in [0.3, 0.4) is 0 Å². The van der Waals surface area contributed by atoms with Crippen molar-refractivity contribution >= 4 is 11.7 Å². The first-order valence-electron chi connectivity index (χ1n) is 9.14. The summed E-state index contributed by atoms with van der Waals surface area (Å²) in [5.74, 6) is 1.64. The van der Waals surface area contributed by atoms with Crippen LogP contribution in [-0.2, 0) is 13.0 Å². The summed E-state index contributed by atoms with van der Waals surface area (Å²) in [6.45, 7) is 5.73. The lowest BCUT2D eigenvalue weighted by atomic mass is 9.99. The molecular formula is C20H24N4O. The van der Waals surface area contributed by atoms with Crippen molar-refractivity contribution in [2.75, 3.05) is 24.5 Å². The van der Waals surface area contributed by atoms with Crippen molar-refractivity contribution in [2.45, 2.75) is 32.7 Å². The molecule has 0 N–H and O–H groups in total. The molecule has 0 saturated carbocycles. The summed E-state index contributed by atoms with van der Waals surface area (Å²) in [6, 6.07) is 8.33. The van der Waals surface area contributed by atoms with Gasteiger partial charge in [0.25, 0.3) is 5.91 Å². The molecule has 0 spiro atoms. The van der Waals surface area contributed by atoms with Gasteiger partial charge in [-0.2, -0.15) is 0 Å². The quantitative estimate of drug-likeness (QED) is 0.846. The van der Waals surface area contributed by atoms with Gasteiger partial charge in [-0.15, -0.1) is 0 Å². The van der Waals surface area contributed by atoms with Crippen molar-refractivity contribution in [2.24, 2.45) is 5.92 Å². The first-order valence-corrected chi connectivity index (χ1v) is 9.14. The number of carbonyl (C=O) groups excluding carboxylic acids is 1. The molecule has 0 radical (unpaired) electrons. The van der Waals surface area contributed by atoms with E-state index in [4.69, 9.17) is 0 Å². The number of anilines is 1. The third kappa shape index (κ3) is 3.36. The minimum Gasteiger partial charge on any atom is -0.355 e. The van der Waals surface area contributed by atoms with Crippen LogP contribution in [0, 0.1) is 5.92 Å². The highest BCUT2D eigenvalue weighted by Crippen LogP contribution is 2.22. The maximum atomic E-state index is 12.7. The van der Waals surface area contributed by atoms with Crippen LogP contribution in [0.5, 0.6) is 0 Å². The summed E-state index contributed by atoms with van der Waals surface area (Å²) in [6.07, 6.45) is 6.67. The highest BCUT2D eigenvalue weighted by Gasteiger charge is 2.23.